The molecule has 1 aliphatic carbocycles. The lowest BCUT2D eigenvalue weighted by atomic mass is 9.78. The van der Waals surface area contributed by atoms with Gasteiger partial charge >= 0.3 is 6.09 Å². The lowest BCUT2D eigenvalue weighted by Gasteiger charge is -2.44. The Bertz CT molecular complexity index is 395. The third kappa shape index (κ3) is 4.85. The topological polar surface area (TPSA) is 41.6 Å². The first-order chi connectivity index (χ1) is 10.7. The predicted molar refractivity (Wildman–Crippen MR) is 94.5 cm³/mol. The normalized spacial score (nSPS) is 35.9. The van der Waals surface area contributed by atoms with Crippen LogP contribution in [-0.4, -0.2) is 41.3 Å². The summed E-state index contributed by atoms with van der Waals surface area (Å²) in [6.45, 7) is 13.5. The van der Waals surface area contributed by atoms with Crippen molar-refractivity contribution in [3.63, 3.8) is 0 Å². The predicted octanol–water partition coefficient (Wildman–Crippen LogP) is 4.19. The molecule has 134 valence electrons. The number of carbonyl (C=O) groups excluding carboxylic acids is 1. The van der Waals surface area contributed by atoms with Crippen molar-refractivity contribution in [3.05, 3.63) is 0 Å². The van der Waals surface area contributed by atoms with Gasteiger partial charge in [-0.25, -0.2) is 4.79 Å². The van der Waals surface area contributed by atoms with Gasteiger partial charge in [0.2, 0.25) is 0 Å². The van der Waals surface area contributed by atoms with Crippen molar-refractivity contribution in [1.29, 1.82) is 0 Å². The van der Waals surface area contributed by atoms with Crippen LogP contribution in [0.2, 0.25) is 0 Å². The second-order valence-electron chi connectivity index (χ2n) is 8.74. The molecule has 0 spiro atoms. The first-order valence-corrected chi connectivity index (χ1v) is 9.44. The molecule has 1 amide bonds. The first kappa shape index (κ1) is 18.6. The fourth-order valence-corrected chi connectivity index (χ4v) is 4.20. The molecule has 1 aliphatic heterocycles. The van der Waals surface area contributed by atoms with E-state index < -0.39 is 5.60 Å². The molecule has 0 aromatic heterocycles. The van der Waals surface area contributed by atoms with Gasteiger partial charge in [0.05, 0.1) is 0 Å². The zero-order chi connectivity index (χ0) is 17.2. The number of likely N-dealkylation sites (tertiary alicyclic amines) is 1. The van der Waals surface area contributed by atoms with Gasteiger partial charge in [-0.3, -0.25) is 0 Å². The maximum Gasteiger partial charge on any atom is 0.410 e. The summed E-state index contributed by atoms with van der Waals surface area (Å²) < 4.78 is 5.59. The van der Waals surface area contributed by atoms with E-state index in [-0.39, 0.29) is 12.1 Å². The number of hydrogen-bond acceptors (Lipinski definition) is 3. The van der Waals surface area contributed by atoms with Crippen molar-refractivity contribution in [2.75, 3.05) is 6.54 Å². The minimum absolute atomic E-state index is 0.166. The zero-order valence-corrected chi connectivity index (χ0v) is 15.9. The third-order valence-corrected chi connectivity index (χ3v) is 5.57. The summed E-state index contributed by atoms with van der Waals surface area (Å²) in [7, 11) is 0. The van der Waals surface area contributed by atoms with Crippen LogP contribution in [0.4, 0.5) is 4.79 Å². The minimum atomic E-state index is -0.427. The molecule has 0 aromatic carbocycles. The number of piperidine rings is 1. The molecule has 2 rings (SSSR count). The average molecular weight is 325 g/mol. The molecule has 0 radical (unpaired) electrons. The van der Waals surface area contributed by atoms with E-state index >= 15 is 0 Å². The Hall–Kier alpha value is -0.770. The molecule has 1 N–H and O–H groups in total. The Morgan fingerprint density at radius 3 is 2.22 bits per heavy atom. The second kappa shape index (κ2) is 7.42. The summed E-state index contributed by atoms with van der Waals surface area (Å²) in [6.07, 6.45) is 6.02. The highest BCUT2D eigenvalue weighted by atomic mass is 16.6. The summed E-state index contributed by atoms with van der Waals surface area (Å²) in [5, 5.41) is 3.91. The molecule has 1 saturated heterocycles. The number of amides is 1. The van der Waals surface area contributed by atoms with Crippen molar-refractivity contribution >= 4 is 6.09 Å². The molecule has 2 fully saturated rings. The molecule has 0 bridgehead atoms. The molecule has 2 aliphatic rings. The molecular formula is C19H36N2O2. The van der Waals surface area contributed by atoms with Crippen LogP contribution in [0.3, 0.4) is 0 Å². The van der Waals surface area contributed by atoms with Crippen LogP contribution >= 0.6 is 0 Å². The van der Waals surface area contributed by atoms with Gasteiger partial charge in [-0.15, -0.1) is 0 Å². The lowest BCUT2D eigenvalue weighted by Crippen LogP contribution is -2.59. The van der Waals surface area contributed by atoms with E-state index in [1.165, 1.54) is 19.3 Å². The van der Waals surface area contributed by atoms with Gasteiger partial charge in [0.15, 0.2) is 0 Å². The fraction of sp³-hybridized carbons (Fsp3) is 0.947. The molecule has 1 saturated carbocycles. The van der Waals surface area contributed by atoms with E-state index in [0.29, 0.717) is 12.1 Å². The second-order valence-corrected chi connectivity index (χ2v) is 8.74. The quantitative estimate of drug-likeness (QED) is 0.828. The van der Waals surface area contributed by atoms with E-state index in [9.17, 15) is 4.79 Å². The maximum absolute atomic E-state index is 12.5. The van der Waals surface area contributed by atoms with E-state index in [1.807, 2.05) is 25.7 Å². The van der Waals surface area contributed by atoms with Crippen molar-refractivity contribution in [3.8, 4) is 0 Å². The first-order valence-electron chi connectivity index (χ1n) is 9.44. The monoisotopic (exact) mass is 324 g/mol. The van der Waals surface area contributed by atoms with Gasteiger partial charge in [-0.05, 0) is 65.2 Å². The maximum atomic E-state index is 12.5. The van der Waals surface area contributed by atoms with Crippen molar-refractivity contribution in [1.82, 2.24) is 10.2 Å². The average Bonchev–Trinajstić information content (AvgIpc) is 2.42. The Kier molecular flexibility index (Phi) is 5.99. The van der Waals surface area contributed by atoms with Crippen LogP contribution in [0.25, 0.3) is 0 Å². The van der Waals surface area contributed by atoms with Crippen LogP contribution in [-0.2, 0) is 4.74 Å². The van der Waals surface area contributed by atoms with E-state index in [4.69, 9.17) is 4.74 Å². The SMILES string of the molecule is CC1CCCC(C)C1NC1CCCN(C(=O)OC(C)(C)C)C1C. The van der Waals surface area contributed by atoms with Crippen molar-refractivity contribution in [2.24, 2.45) is 11.8 Å². The smallest absolute Gasteiger partial charge is 0.410 e. The van der Waals surface area contributed by atoms with Gasteiger partial charge in [0, 0.05) is 24.7 Å². The summed E-state index contributed by atoms with van der Waals surface area (Å²) in [4.78, 5) is 14.4. The summed E-state index contributed by atoms with van der Waals surface area (Å²) >= 11 is 0. The van der Waals surface area contributed by atoms with Gasteiger partial charge in [0.1, 0.15) is 5.60 Å². The van der Waals surface area contributed by atoms with Crippen LogP contribution in [0.15, 0.2) is 0 Å². The molecule has 0 aromatic rings. The Balaban J connectivity index is 1.99. The van der Waals surface area contributed by atoms with Crippen LogP contribution in [0.5, 0.6) is 0 Å². The number of carbonyl (C=O) groups is 1. The van der Waals surface area contributed by atoms with E-state index in [2.05, 4.69) is 26.1 Å². The van der Waals surface area contributed by atoms with Gasteiger partial charge in [-0.2, -0.15) is 0 Å². The molecule has 4 atom stereocenters. The van der Waals surface area contributed by atoms with Gasteiger partial charge < -0.3 is 15.0 Å². The molecular weight excluding hydrogens is 288 g/mol. The van der Waals surface area contributed by atoms with Crippen LogP contribution in [0, 0.1) is 11.8 Å². The summed E-state index contributed by atoms with van der Waals surface area (Å²) in [5.74, 6) is 1.45. The van der Waals surface area contributed by atoms with Crippen LogP contribution in [0.1, 0.15) is 73.6 Å². The fourth-order valence-electron chi connectivity index (χ4n) is 4.20. The van der Waals surface area contributed by atoms with E-state index in [0.717, 1.165) is 31.2 Å². The standard InChI is InChI=1S/C19H36N2O2/c1-13-9-7-10-14(2)17(13)20-16-11-8-12-21(15(16)3)18(22)23-19(4,5)6/h13-17,20H,7-12H2,1-6H3. The molecule has 4 nitrogen and oxygen atoms in total. The van der Waals surface area contributed by atoms with Crippen LogP contribution < -0.4 is 5.32 Å². The number of ether oxygens (including phenoxy) is 1. The van der Waals surface area contributed by atoms with Gasteiger partial charge in [-0.1, -0.05) is 20.3 Å². The highest BCUT2D eigenvalue weighted by Gasteiger charge is 2.37. The zero-order valence-electron chi connectivity index (χ0n) is 15.9. The number of rotatable bonds is 2. The highest BCUT2D eigenvalue weighted by molar-refractivity contribution is 5.68. The molecule has 1 heterocycles. The minimum Gasteiger partial charge on any atom is -0.444 e. The Labute approximate surface area is 142 Å². The lowest BCUT2D eigenvalue weighted by molar-refractivity contribution is 0.00456. The number of nitrogens with one attached hydrogen (secondary N) is 1. The molecule has 4 heteroatoms. The molecule has 4 unspecified atom stereocenters. The van der Waals surface area contributed by atoms with E-state index in [1.54, 1.807) is 0 Å². The van der Waals surface area contributed by atoms with Crippen molar-refractivity contribution in [2.45, 2.75) is 97.4 Å². The number of nitrogens with zero attached hydrogens (tertiary/aromatic N) is 1. The highest BCUT2D eigenvalue weighted by Crippen LogP contribution is 2.31. The summed E-state index contributed by atoms with van der Waals surface area (Å²) in [5.41, 5.74) is -0.427. The van der Waals surface area contributed by atoms with Crippen molar-refractivity contribution < 1.29 is 9.53 Å². The largest absolute Gasteiger partial charge is 0.444 e. The Morgan fingerprint density at radius 2 is 1.65 bits per heavy atom. The van der Waals surface area contributed by atoms with Gasteiger partial charge in [0.25, 0.3) is 0 Å². The molecule has 23 heavy (non-hydrogen) atoms. The number of hydrogen-bond donors (Lipinski definition) is 1. The Morgan fingerprint density at radius 1 is 1.04 bits per heavy atom. The summed E-state index contributed by atoms with van der Waals surface area (Å²) in [6, 6.07) is 1.15. The third-order valence-electron chi connectivity index (χ3n) is 5.57.